The first-order valence-electron chi connectivity index (χ1n) is 8.67. The van der Waals surface area contributed by atoms with E-state index in [4.69, 9.17) is 9.47 Å². The number of phenolic OH excluding ortho intramolecular Hbond substituents is 1. The molecule has 0 saturated heterocycles. The lowest BCUT2D eigenvalue weighted by molar-refractivity contribution is -0.143. The van der Waals surface area contributed by atoms with Gasteiger partial charge in [-0.15, -0.1) is 0 Å². The van der Waals surface area contributed by atoms with Crippen molar-refractivity contribution in [1.29, 1.82) is 0 Å². The summed E-state index contributed by atoms with van der Waals surface area (Å²) >= 11 is 0. The molecule has 0 aliphatic heterocycles. The summed E-state index contributed by atoms with van der Waals surface area (Å²) in [5.74, 6) is 0.950. The molecular weight excluding hydrogens is 330 g/mol. The molecule has 5 heteroatoms. The van der Waals surface area contributed by atoms with Gasteiger partial charge in [0.25, 0.3) is 0 Å². The molecule has 0 aliphatic carbocycles. The van der Waals surface area contributed by atoms with Crippen LogP contribution in [0.5, 0.6) is 17.2 Å². The molecule has 5 nitrogen and oxygen atoms in total. The van der Waals surface area contributed by atoms with E-state index in [1.54, 1.807) is 19.2 Å². The molecule has 0 amide bonds. The first-order chi connectivity index (χ1) is 12.3. The molecule has 0 aromatic heterocycles. The molecule has 0 heterocycles. The highest BCUT2D eigenvalue weighted by Crippen LogP contribution is 2.30. The van der Waals surface area contributed by atoms with Crippen LogP contribution in [0.2, 0.25) is 0 Å². The van der Waals surface area contributed by atoms with Gasteiger partial charge >= 0.3 is 5.97 Å². The zero-order chi connectivity index (χ0) is 19.2. The summed E-state index contributed by atoms with van der Waals surface area (Å²) in [6, 6.07) is 12.8. The topological polar surface area (TPSA) is 67.8 Å². The van der Waals surface area contributed by atoms with Crippen molar-refractivity contribution in [2.45, 2.75) is 33.7 Å². The van der Waals surface area contributed by atoms with Crippen LogP contribution in [0.3, 0.4) is 0 Å². The highest BCUT2D eigenvalue weighted by atomic mass is 16.6. The summed E-state index contributed by atoms with van der Waals surface area (Å²) in [7, 11) is 1.55. The van der Waals surface area contributed by atoms with Crippen LogP contribution in [0.4, 0.5) is 0 Å². The van der Waals surface area contributed by atoms with Crippen molar-refractivity contribution in [2.24, 2.45) is 5.41 Å². The van der Waals surface area contributed by atoms with E-state index in [2.05, 4.69) is 5.32 Å². The predicted octanol–water partition coefficient (Wildman–Crippen LogP) is 3.68. The van der Waals surface area contributed by atoms with Crippen LogP contribution < -0.4 is 14.8 Å². The molecule has 26 heavy (non-hydrogen) atoms. The van der Waals surface area contributed by atoms with Crippen LogP contribution in [0, 0.1) is 5.41 Å². The minimum Gasteiger partial charge on any atom is -0.508 e. The Morgan fingerprint density at radius 1 is 1.04 bits per heavy atom. The number of phenols is 1. The number of esters is 1. The molecular formula is C21H27NO4. The van der Waals surface area contributed by atoms with Gasteiger partial charge in [-0.05, 0) is 69.1 Å². The average Bonchev–Trinajstić information content (AvgIpc) is 2.59. The maximum atomic E-state index is 12.1. The molecule has 0 fully saturated rings. The van der Waals surface area contributed by atoms with E-state index >= 15 is 0 Å². The molecule has 0 radical (unpaired) electrons. The van der Waals surface area contributed by atoms with E-state index < -0.39 is 5.41 Å². The van der Waals surface area contributed by atoms with E-state index in [9.17, 15) is 9.90 Å². The van der Waals surface area contributed by atoms with Gasteiger partial charge in [0.05, 0.1) is 12.5 Å². The smallest absolute Gasteiger partial charge is 0.316 e. The summed E-state index contributed by atoms with van der Waals surface area (Å²) in [6.07, 6.45) is 0.863. The Labute approximate surface area is 155 Å². The number of benzene rings is 2. The van der Waals surface area contributed by atoms with Crippen molar-refractivity contribution < 1.29 is 19.4 Å². The van der Waals surface area contributed by atoms with E-state index in [-0.39, 0.29) is 11.7 Å². The third kappa shape index (κ3) is 5.77. The summed E-state index contributed by atoms with van der Waals surface area (Å²) in [6.45, 7) is 6.90. The van der Waals surface area contributed by atoms with Gasteiger partial charge in [0.1, 0.15) is 5.75 Å². The second-order valence-electron chi connectivity index (χ2n) is 7.22. The molecule has 0 unspecified atom stereocenters. The maximum Gasteiger partial charge on any atom is 0.316 e. The maximum absolute atomic E-state index is 12.1. The molecule has 2 aromatic rings. The highest BCUT2D eigenvalue weighted by Gasteiger charge is 2.25. The number of hydrogen-bond donors (Lipinski definition) is 2. The fourth-order valence-electron chi connectivity index (χ4n) is 2.29. The Kier molecular flexibility index (Phi) is 6.64. The lowest BCUT2D eigenvalue weighted by atomic mass is 9.97. The normalized spacial score (nSPS) is 11.2. The second-order valence-corrected chi connectivity index (χ2v) is 7.22. The van der Waals surface area contributed by atoms with Crippen LogP contribution >= 0.6 is 0 Å². The largest absolute Gasteiger partial charge is 0.508 e. The lowest BCUT2D eigenvalue weighted by Crippen LogP contribution is -2.25. The molecule has 0 saturated carbocycles. The molecule has 0 spiro atoms. The van der Waals surface area contributed by atoms with Crippen molar-refractivity contribution in [3.63, 3.8) is 0 Å². The van der Waals surface area contributed by atoms with E-state index in [1.807, 2.05) is 51.1 Å². The summed E-state index contributed by atoms with van der Waals surface area (Å²) in [5, 5.41) is 12.7. The Morgan fingerprint density at radius 3 is 2.31 bits per heavy atom. The molecule has 2 aromatic carbocycles. The zero-order valence-electron chi connectivity index (χ0n) is 15.8. The van der Waals surface area contributed by atoms with Crippen LogP contribution in [0.25, 0.3) is 0 Å². The molecule has 0 atom stereocenters. The molecule has 2 N–H and O–H groups in total. The number of hydrogen-bond acceptors (Lipinski definition) is 5. The zero-order valence-corrected chi connectivity index (χ0v) is 15.8. The average molecular weight is 357 g/mol. The minimum atomic E-state index is -0.580. The Bertz CT molecular complexity index is 733. The van der Waals surface area contributed by atoms with Crippen molar-refractivity contribution in [2.75, 3.05) is 13.7 Å². The third-order valence-electron chi connectivity index (χ3n) is 3.90. The fraction of sp³-hybridized carbons (Fsp3) is 0.381. The Morgan fingerprint density at radius 2 is 1.69 bits per heavy atom. The molecule has 0 aliphatic rings. The number of methoxy groups -OCH3 is 1. The third-order valence-corrected chi connectivity index (χ3v) is 3.90. The number of nitrogens with one attached hydrogen (secondary N) is 1. The van der Waals surface area contributed by atoms with Crippen LogP contribution in [-0.4, -0.2) is 24.7 Å². The van der Waals surface area contributed by atoms with Gasteiger partial charge in [0.2, 0.25) is 0 Å². The second kappa shape index (κ2) is 8.72. The van der Waals surface area contributed by atoms with E-state index in [1.165, 1.54) is 0 Å². The summed E-state index contributed by atoms with van der Waals surface area (Å²) < 4.78 is 10.8. The number of aromatic hydroxyl groups is 1. The van der Waals surface area contributed by atoms with Gasteiger partial charge in [-0.1, -0.05) is 18.2 Å². The van der Waals surface area contributed by atoms with Crippen LogP contribution in [0.15, 0.2) is 42.5 Å². The predicted molar refractivity (Wildman–Crippen MR) is 102 cm³/mol. The number of rotatable bonds is 7. The SMILES string of the molecule is COc1ccc(CNCCc2ccc(O)cc2)cc1OC(=O)C(C)(C)C. The lowest BCUT2D eigenvalue weighted by Gasteiger charge is -2.18. The van der Waals surface area contributed by atoms with Gasteiger partial charge in [-0.2, -0.15) is 0 Å². The monoisotopic (exact) mass is 357 g/mol. The van der Waals surface area contributed by atoms with Crippen LogP contribution in [0.1, 0.15) is 31.9 Å². The van der Waals surface area contributed by atoms with Crippen molar-refractivity contribution >= 4 is 5.97 Å². The van der Waals surface area contributed by atoms with Gasteiger partial charge in [0, 0.05) is 6.54 Å². The quantitative estimate of drug-likeness (QED) is 0.449. The van der Waals surface area contributed by atoms with Gasteiger partial charge in [0.15, 0.2) is 11.5 Å². The first-order valence-corrected chi connectivity index (χ1v) is 8.67. The summed E-state index contributed by atoms with van der Waals surface area (Å²) in [4.78, 5) is 12.1. The minimum absolute atomic E-state index is 0.275. The molecule has 0 bridgehead atoms. The highest BCUT2D eigenvalue weighted by molar-refractivity contribution is 5.78. The number of carbonyl (C=O) groups is 1. The number of ether oxygens (including phenoxy) is 2. The van der Waals surface area contributed by atoms with Crippen molar-refractivity contribution in [3.8, 4) is 17.2 Å². The Hall–Kier alpha value is -2.53. The van der Waals surface area contributed by atoms with E-state index in [0.29, 0.717) is 18.0 Å². The van der Waals surface area contributed by atoms with Crippen molar-refractivity contribution in [3.05, 3.63) is 53.6 Å². The fourth-order valence-corrected chi connectivity index (χ4v) is 2.29. The Balaban J connectivity index is 1.93. The van der Waals surface area contributed by atoms with Gasteiger partial charge in [-0.3, -0.25) is 4.79 Å². The van der Waals surface area contributed by atoms with Crippen LogP contribution in [-0.2, 0) is 17.8 Å². The summed E-state index contributed by atoms with van der Waals surface area (Å²) in [5.41, 5.74) is 1.58. The van der Waals surface area contributed by atoms with Crippen molar-refractivity contribution in [1.82, 2.24) is 5.32 Å². The van der Waals surface area contributed by atoms with Gasteiger partial charge in [-0.25, -0.2) is 0 Å². The number of carbonyl (C=O) groups excluding carboxylic acids is 1. The van der Waals surface area contributed by atoms with E-state index in [0.717, 1.165) is 24.1 Å². The first kappa shape index (κ1) is 19.8. The standard InChI is InChI=1S/C21H27NO4/c1-21(2,3)20(24)26-19-13-16(7-10-18(19)25-4)14-22-12-11-15-5-8-17(23)9-6-15/h5-10,13,22-23H,11-12,14H2,1-4H3. The molecule has 140 valence electrons. The van der Waals surface area contributed by atoms with Gasteiger partial charge < -0.3 is 19.9 Å². The molecule has 2 rings (SSSR count).